The molecule has 4 aliphatic carbocycles. The van der Waals surface area contributed by atoms with E-state index in [0.717, 1.165) is 30.6 Å². The fourth-order valence-electron chi connectivity index (χ4n) is 6.90. The maximum absolute atomic E-state index is 13.1. The third kappa shape index (κ3) is 2.01. The summed E-state index contributed by atoms with van der Waals surface area (Å²) in [6.45, 7) is 9.13. The monoisotopic (exact) mass is 312 g/mol. The largest absolute Gasteiger partial charge is 0.294 e. The smallest absolute Gasteiger partial charge is 0.164 e. The Morgan fingerprint density at radius 2 is 1.87 bits per heavy atom. The van der Waals surface area contributed by atoms with E-state index in [9.17, 15) is 4.79 Å². The summed E-state index contributed by atoms with van der Waals surface area (Å²) >= 11 is 0. The Balaban J connectivity index is 1.71. The van der Waals surface area contributed by atoms with Gasteiger partial charge in [-0.2, -0.15) is 0 Å². The lowest BCUT2D eigenvalue weighted by Gasteiger charge is -2.58. The highest BCUT2D eigenvalue weighted by Gasteiger charge is 2.60. The number of rotatable bonds is 0. The molecule has 3 saturated carbocycles. The van der Waals surface area contributed by atoms with E-state index < -0.39 is 0 Å². The molecule has 126 valence electrons. The molecule has 0 aromatic carbocycles. The van der Waals surface area contributed by atoms with Crippen molar-refractivity contribution in [3.8, 4) is 0 Å². The molecule has 1 heteroatoms. The average molecular weight is 312 g/mol. The Bertz CT molecular complexity index is 593. The Morgan fingerprint density at radius 1 is 1.09 bits per heavy atom. The predicted octanol–water partition coefficient (Wildman–Crippen LogP) is 5.71. The fourth-order valence-corrected chi connectivity index (χ4v) is 6.90. The lowest BCUT2D eigenvalue weighted by Crippen LogP contribution is -2.52. The molecule has 4 aliphatic rings. The van der Waals surface area contributed by atoms with Crippen LogP contribution < -0.4 is 0 Å². The molecular formula is C22H32O. The molecule has 4 rings (SSSR count). The Labute approximate surface area is 141 Å². The molecule has 23 heavy (non-hydrogen) atoms. The van der Waals surface area contributed by atoms with Gasteiger partial charge in [0, 0.05) is 5.41 Å². The van der Waals surface area contributed by atoms with Crippen LogP contribution in [-0.2, 0) is 4.79 Å². The van der Waals surface area contributed by atoms with E-state index in [1.54, 1.807) is 0 Å². The highest BCUT2D eigenvalue weighted by Crippen LogP contribution is 2.65. The molecule has 0 bridgehead atoms. The van der Waals surface area contributed by atoms with E-state index in [1.807, 2.05) is 0 Å². The molecule has 6 atom stereocenters. The van der Waals surface area contributed by atoms with Crippen LogP contribution in [0.5, 0.6) is 0 Å². The molecule has 0 N–H and O–H groups in total. The van der Waals surface area contributed by atoms with Crippen molar-refractivity contribution < 1.29 is 4.79 Å². The number of carbonyl (C=O) groups excluding carboxylic acids is 1. The first-order valence-electron chi connectivity index (χ1n) is 9.74. The average Bonchev–Trinajstić information content (AvgIpc) is 2.79. The topological polar surface area (TPSA) is 17.1 Å². The molecule has 0 aromatic heterocycles. The summed E-state index contributed by atoms with van der Waals surface area (Å²) in [7, 11) is 0. The minimum atomic E-state index is -0.0541. The first-order valence-corrected chi connectivity index (χ1v) is 9.74. The van der Waals surface area contributed by atoms with E-state index in [4.69, 9.17) is 0 Å². The molecule has 1 nitrogen and oxygen atoms in total. The van der Waals surface area contributed by atoms with Gasteiger partial charge in [0.25, 0.3) is 0 Å². The molecule has 1 unspecified atom stereocenters. The highest BCUT2D eigenvalue weighted by molar-refractivity contribution is 6.03. The maximum Gasteiger partial charge on any atom is 0.164 e. The molecule has 0 radical (unpaired) electrons. The summed E-state index contributed by atoms with van der Waals surface area (Å²) in [6.07, 6.45) is 13.6. The summed E-state index contributed by atoms with van der Waals surface area (Å²) < 4.78 is 0. The third-order valence-corrected chi connectivity index (χ3v) is 8.42. The Morgan fingerprint density at radius 3 is 2.61 bits per heavy atom. The summed E-state index contributed by atoms with van der Waals surface area (Å²) in [6, 6.07) is 0. The van der Waals surface area contributed by atoms with Gasteiger partial charge < -0.3 is 0 Å². The van der Waals surface area contributed by atoms with Crippen LogP contribution in [0.2, 0.25) is 0 Å². The van der Waals surface area contributed by atoms with Crippen molar-refractivity contribution in [1.29, 1.82) is 0 Å². The van der Waals surface area contributed by atoms with E-state index in [-0.39, 0.29) is 5.41 Å². The van der Waals surface area contributed by atoms with Crippen molar-refractivity contribution in [3.05, 3.63) is 23.3 Å². The second-order valence-corrected chi connectivity index (χ2v) is 9.54. The molecule has 0 heterocycles. The van der Waals surface area contributed by atoms with Gasteiger partial charge in [-0.25, -0.2) is 0 Å². The second kappa shape index (κ2) is 5.07. The van der Waals surface area contributed by atoms with Crippen LogP contribution in [0.4, 0.5) is 0 Å². The van der Waals surface area contributed by atoms with Crippen LogP contribution in [-0.4, -0.2) is 5.78 Å². The first-order chi connectivity index (χ1) is 10.9. The van der Waals surface area contributed by atoms with Crippen molar-refractivity contribution >= 4 is 5.78 Å². The number of Topliss-reactive ketones (excluding diaryl/α,β-unsaturated/α-hetero) is 1. The number of ketones is 1. The van der Waals surface area contributed by atoms with Crippen LogP contribution in [0, 0.1) is 34.5 Å². The van der Waals surface area contributed by atoms with E-state index in [1.165, 1.54) is 43.3 Å². The van der Waals surface area contributed by atoms with Crippen LogP contribution in [0.25, 0.3) is 0 Å². The zero-order chi connectivity index (χ0) is 16.4. The Hall–Kier alpha value is -0.850. The molecule has 0 saturated heterocycles. The van der Waals surface area contributed by atoms with E-state index >= 15 is 0 Å². The second-order valence-electron chi connectivity index (χ2n) is 9.54. The molecule has 0 spiro atoms. The zero-order valence-corrected chi connectivity index (χ0v) is 15.3. The van der Waals surface area contributed by atoms with Gasteiger partial charge in [0.1, 0.15) is 0 Å². The molecular weight excluding hydrogens is 280 g/mol. The van der Waals surface area contributed by atoms with Crippen LogP contribution in [0.3, 0.4) is 0 Å². The molecule has 0 aromatic rings. The van der Waals surface area contributed by atoms with Crippen LogP contribution >= 0.6 is 0 Å². The van der Waals surface area contributed by atoms with Gasteiger partial charge in [-0.3, -0.25) is 4.79 Å². The zero-order valence-electron chi connectivity index (χ0n) is 15.3. The number of hydrogen-bond donors (Lipinski definition) is 0. The number of allylic oxidation sites excluding steroid dienone is 4. The van der Waals surface area contributed by atoms with Crippen molar-refractivity contribution in [3.63, 3.8) is 0 Å². The van der Waals surface area contributed by atoms with Crippen molar-refractivity contribution in [1.82, 2.24) is 0 Å². The lowest BCUT2D eigenvalue weighted by molar-refractivity contribution is -0.134. The lowest BCUT2D eigenvalue weighted by atomic mass is 9.46. The molecule has 0 amide bonds. The number of fused-ring (bicyclic) bond motifs is 5. The van der Waals surface area contributed by atoms with Crippen LogP contribution in [0.1, 0.15) is 72.6 Å². The third-order valence-electron chi connectivity index (χ3n) is 8.42. The molecule has 3 fully saturated rings. The van der Waals surface area contributed by atoms with Crippen molar-refractivity contribution in [2.45, 2.75) is 72.6 Å². The summed E-state index contributed by atoms with van der Waals surface area (Å²) in [5.74, 6) is 3.62. The van der Waals surface area contributed by atoms with E-state index in [0.29, 0.717) is 17.1 Å². The van der Waals surface area contributed by atoms with Gasteiger partial charge >= 0.3 is 0 Å². The quantitative estimate of drug-likeness (QED) is 0.413. The first kappa shape index (κ1) is 15.7. The standard InChI is InChI=1S/C22H32O/c1-14(2)17-13-19-16-9-8-15-7-5-6-11-21(15,3)18(16)10-12-22(19,4)20(17)23/h5-6,15-16,18-19H,7-13H2,1-4H3/t15?,16-,18+,19+,21+,22+/m1/s1. The van der Waals surface area contributed by atoms with E-state index in [2.05, 4.69) is 39.8 Å². The summed E-state index contributed by atoms with van der Waals surface area (Å²) in [4.78, 5) is 13.1. The summed E-state index contributed by atoms with van der Waals surface area (Å²) in [5, 5.41) is 0. The van der Waals surface area contributed by atoms with Gasteiger partial charge in [0.15, 0.2) is 5.78 Å². The number of hydrogen-bond acceptors (Lipinski definition) is 1. The van der Waals surface area contributed by atoms with Gasteiger partial charge in [0.2, 0.25) is 0 Å². The van der Waals surface area contributed by atoms with Gasteiger partial charge in [-0.15, -0.1) is 0 Å². The minimum absolute atomic E-state index is 0.0541. The fraction of sp³-hybridized carbons (Fsp3) is 0.773. The SMILES string of the molecule is CC(C)=C1C[C@H]2[C@@H]3CCC4CC=CC[C@]4(C)[C@H]3CC[C@]2(C)C1=O. The van der Waals surface area contributed by atoms with Crippen molar-refractivity contribution in [2.24, 2.45) is 34.5 Å². The van der Waals surface area contributed by atoms with Crippen molar-refractivity contribution in [2.75, 3.05) is 0 Å². The maximum atomic E-state index is 13.1. The highest BCUT2D eigenvalue weighted by atomic mass is 16.1. The minimum Gasteiger partial charge on any atom is -0.294 e. The van der Waals surface area contributed by atoms with Gasteiger partial charge in [-0.1, -0.05) is 31.6 Å². The van der Waals surface area contributed by atoms with Gasteiger partial charge in [-0.05, 0) is 93.5 Å². The van der Waals surface area contributed by atoms with Gasteiger partial charge in [0.05, 0.1) is 0 Å². The number of carbonyl (C=O) groups is 1. The predicted molar refractivity (Wildman–Crippen MR) is 95.0 cm³/mol. The normalized spacial score (nSPS) is 48.7. The molecule has 0 aliphatic heterocycles. The summed E-state index contributed by atoms with van der Waals surface area (Å²) in [5.41, 5.74) is 2.88. The Kier molecular flexibility index (Phi) is 3.45. The van der Waals surface area contributed by atoms with Crippen LogP contribution in [0.15, 0.2) is 23.3 Å².